The monoisotopic (exact) mass is 555 g/mol. The third-order valence-corrected chi connectivity index (χ3v) is 8.84. The Morgan fingerprint density at radius 1 is 0.878 bits per heavy atom. The molecule has 6 heteroatoms. The molecule has 2 saturated heterocycles. The molecule has 1 amide bonds. The molecule has 0 bridgehead atoms. The highest BCUT2D eigenvalue weighted by molar-refractivity contribution is 5.76. The van der Waals surface area contributed by atoms with Crippen LogP contribution in [-0.2, 0) is 17.6 Å². The lowest BCUT2D eigenvalue weighted by molar-refractivity contribution is -0.105. The van der Waals surface area contributed by atoms with Crippen LogP contribution in [-0.4, -0.2) is 44.3 Å². The summed E-state index contributed by atoms with van der Waals surface area (Å²) in [5, 5.41) is 2.79. The molecule has 0 aromatic heterocycles. The van der Waals surface area contributed by atoms with E-state index < -0.39 is 0 Å². The molecule has 1 N–H and O–H groups in total. The number of anilines is 2. The third kappa shape index (κ3) is 6.54. The molecule has 0 unspecified atom stereocenters. The molecule has 3 aliphatic heterocycles. The molecule has 3 heterocycles. The highest BCUT2D eigenvalue weighted by Crippen LogP contribution is 2.43. The van der Waals surface area contributed by atoms with Gasteiger partial charge in [-0.15, -0.1) is 0 Å². The van der Waals surface area contributed by atoms with E-state index in [4.69, 9.17) is 9.47 Å². The summed E-state index contributed by atoms with van der Waals surface area (Å²) in [6, 6.07) is 20.6. The fraction of sp³-hybridized carbons (Fsp3) is 0.457. The highest BCUT2D eigenvalue weighted by atomic mass is 16.7. The third-order valence-electron chi connectivity index (χ3n) is 8.84. The summed E-state index contributed by atoms with van der Waals surface area (Å²) in [7, 11) is 0. The van der Waals surface area contributed by atoms with Crippen molar-refractivity contribution in [3.05, 3.63) is 82.4 Å². The first-order valence-corrected chi connectivity index (χ1v) is 15.4. The zero-order chi connectivity index (χ0) is 28.8. The molecule has 0 saturated carbocycles. The van der Waals surface area contributed by atoms with Crippen molar-refractivity contribution in [2.45, 2.75) is 71.8 Å². The molecule has 6 nitrogen and oxygen atoms in total. The van der Waals surface area contributed by atoms with Crippen molar-refractivity contribution in [3.63, 3.8) is 0 Å². The Bertz CT molecular complexity index is 1290. The first-order valence-electron chi connectivity index (χ1n) is 15.4. The molecule has 3 aromatic rings. The van der Waals surface area contributed by atoms with E-state index in [9.17, 15) is 4.79 Å². The van der Waals surface area contributed by atoms with Gasteiger partial charge in [-0.1, -0.05) is 56.7 Å². The maximum absolute atomic E-state index is 10.5. The molecule has 2 atom stereocenters. The van der Waals surface area contributed by atoms with Crippen molar-refractivity contribution < 1.29 is 14.3 Å². The fourth-order valence-corrected chi connectivity index (χ4v) is 6.63. The summed E-state index contributed by atoms with van der Waals surface area (Å²) in [6.07, 6.45) is 6.46. The highest BCUT2D eigenvalue weighted by Gasteiger charge is 2.33. The number of nitrogens with zero attached hydrogens (tertiary/aromatic N) is 2. The van der Waals surface area contributed by atoms with E-state index in [1.807, 2.05) is 0 Å². The lowest BCUT2D eigenvalue weighted by Gasteiger charge is -2.24. The van der Waals surface area contributed by atoms with Crippen LogP contribution >= 0.6 is 0 Å². The first kappa shape index (κ1) is 29.0. The van der Waals surface area contributed by atoms with Crippen LogP contribution in [0, 0.1) is 6.92 Å². The molecule has 3 aliphatic rings. The van der Waals surface area contributed by atoms with Gasteiger partial charge in [0.25, 0.3) is 0 Å². The number of carbonyl (C=O) groups excluding carboxylic acids is 1. The topological polar surface area (TPSA) is 54.0 Å². The van der Waals surface area contributed by atoms with Gasteiger partial charge in [-0.2, -0.15) is 0 Å². The normalized spacial score (nSPS) is 19.7. The van der Waals surface area contributed by atoms with Gasteiger partial charge in [0.2, 0.25) is 13.2 Å². The molecule has 41 heavy (non-hydrogen) atoms. The predicted molar refractivity (Wildman–Crippen MR) is 167 cm³/mol. The number of benzene rings is 3. The van der Waals surface area contributed by atoms with Crippen LogP contribution in [0.25, 0.3) is 0 Å². The van der Waals surface area contributed by atoms with Crippen molar-refractivity contribution in [2.75, 3.05) is 43.2 Å². The summed E-state index contributed by atoms with van der Waals surface area (Å²) in [6.45, 7) is 13.5. The van der Waals surface area contributed by atoms with Crippen molar-refractivity contribution in [2.24, 2.45) is 0 Å². The number of likely N-dealkylation sites (N-methyl/N-ethyl adjacent to an activating group) is 1. The number of likely N-dealkylation sites (tertiary alicyclic amines) is 1. The zero-order valence-corrected chi connectivity index (χ0v) is 25.1. The fourth-order valence-electron chi connectivity index (χ4n) is 6.63. The van der Waals surface area contributed by atoms with E-state index in [1.54, 1.807) is 0 Å². The second kappa shape index (κ2) is 13.4. The summed E-state index contributed by atoms with van der Waals surface area (Å²) < 4.78 is 11.1. The molecule has 3 aromatic carbocycles. The van der Waals surface area contributed by atoms with E-state index in [1.165, 1.54) is 59.4 Å². The van der Waals surface area contributed by atoms with Crippen molar-refractivity contribution in [3.8, 4) is 11.5 Å². The minimum absolute atomic E-state index is 0.344. The largest absolute Gasteiger partial charge is 0.454 e. The van der Waals surface area contributed by atoms with E-state index in [2.05, 4.69) is 97.4 Å². The molecule has 0 radical (unpaired) electrons. The van der Waals surface area contributed by atoms with Gasteiger partial charge in [0.15, 0.2) is 11.5 Å². The quantitative estimate of drug-likeness (QED) is 0.297. The van der Waals surface area contributed by atoms with E-state index in [-0.39, 0.29) is 0 Å². The van der Waals surface area contributed by atoms with Crippen LogP contribution in [0.3, 0.4) is 0 Å². The smallest absolute Gasteiger partial charge is 0.231 e. The van der Waals surface area contributed by atoms with E-state index in [0.717, 1.165) is 55.9 Å². The minimum atomic E-state index is 0.344. The lowest BCUT2D eigenvalue weighted by Crippen LogP contribution is -2.23. The molecular weight excluding hydrogens is 510 g/mol. The van der Waals surface area contributed by atoms with Gasteiger partial charge in [0.1, 0.15) is 0 Å². The van der Waals surface area contributed by atoms with Crippen LogP contribution in [0.4, 0.5) is 11.4 Å². The summed E-state index contributed by atoms with van der Waals surface area (Å²) in [5.41, 5.74) is 8.88. The molecular formula is C35H45N3O3. The zero-order valence-electron chi connectivity index (χ0n) is 25.1. The number of carbonyl (C=O) groups is 1. The second-order valence-electron chi connectivity index (χ2n) is 11.4. The van der Waals surface area contributed by atoms with Crippen molar-refractivity contribution in [1.29, 1.82) is 0 Å². The van der Waals surface area contributed by atoms with Gasteiger partial charge in [-0.3, -0.25) is 9.69 Å². The number of amides is 1. The Labute approximate surface area is 245 Å². The van der Waals surface area contributed by atoms with E-state index >= 15 is 0 Å². The molecule has 6 rings (SSSR count). The first-order chi connectivity index (χ1) is 20.0. The van der Waals surface area contributed by atoms with E-state index in [0.29, 0.717) is 18.8 Å². The number of rotatable bonds is 8. The Morgan fingerprint density at radius 3 is 2.17 bits per heavy atom. The van der Waals surface area contributed by atoms with Gasteiger partial charge in [0.05, 0.1) is 0 Å². The number of ether oxygens (including phenoxy) is 2. The maximum Gasteiger partial charge on any atom is 0.231 e. The number of hydrogen-bond donors (Lipinski definition) is 1. The number of hydrogen-bond acceptors (Lipinski definition) is 5. The van der Waals surface area contributed by atoms with Gasteiger partial charge >= 0.3 is 0 Å². The Balaban J connectivity index is 0.000000205. The summed E-state index contributed by atoms with van der Waals surface area (Å²) in [4.78, 5) is 15.6. The molecule has 2 fully saturated rings. The van der Waals surface area contributed by atoms with Gasteiger partial charge in [0, 0.05) is 37.1 Å². The minimum Gasteiger partial charge on any atom is -0.454 e. The Hall–Kier alpha value is -3.51. The Morgan fingerprint density at radius 2 is 1.54 bits per heavy atom. The summed E-state index contributed by atoms with van der Waals surface area (Å²) in [5.74, 6) is 2.31. The Kier molecular flexibility index (Phi) is 9.50. The number of nitrogens with one attached hydrogen (secondary N) is 1. The average molecular weight is 556 g/mol. The van der Waals surface area contributed by atoms with Crippen LogP contribution in [0.15, 0.2) is 54.6 Å². The molecule has 0 spiro atoms. The standard InChI is InChI=1S/C23H28N2O2.C12H17NO/c1-2-24-15-19(18-7-10-22-23(14-18)27-16-26-22)13-21(24)17-5-8-20(9-6-17)25-11-3-4-12-25;1-4-10-6-9(3)7-11(5-2)12(10)13-8-14/h5-10,14,19,21H,2-4,11-13,15-16H2,1H3;6-8H,4-5H2,1-3H3,(H,13,14)/t19-,21-;/m1./s1. The van der Waals surface area contributed by atoms with Gasteiger partial charge < -0.3 is 19.7 Å². The number of fused-ring (bicyclic) bond motifs is 1. The summed E-state index contributed by atoms with van der Waals surface area (Å²) >= 11 is 0. The molecule has 218 valence electrons. The average Bonchev–Trinajstić information content (AvgIpc) is 3.79. The number of aryl methyl sites for hydroxylation is 3. The predicted octanol–water partition coefficient (Wildman–Crippen LogP) is 7.25. The van der Waals surface area contributed by atoms with Gasteiger partial charge in [-0.25, -0.2) is 0 Å². The molecule has 0 aliphatic carbocycles. The lowest BCUT2D eigenvalue weighted by atomic mass is 9.93. The van der Waals surface area contributed by atoms with Crippen LogP contribution < -0.4 is 19.7 Å². The van der Waals surface area contributed by atoms with Crippen LogP contribution in [0.2, 0.25) is 0 Å². The maximum atomic E-state index is 10.5. The van der Waals surface area contributed by atoms with Crippen LogP contribution in [0.5, 0.6) is 11.5 Å². The van der Waals surface area contributed by atoms with Gasteiger partial charge in [-0.05, 0) is 98.0 Å². The second-order valence-corrected chi connectivity index (χ2v) is 11.4. The van der Waals surface area contributed by atoms with Crippen molar-refractivity contribution >= 4 is 17.8 Å². The SMILES string of the molecule is CCN1C[C@H](c2ccc3c(c2)OCO3)C[C@@H]1c1ccc(N2CCCC2)cc1.CCc1cc(C)cc(CC)c1NC=O. The van der Waals surface area contributed by atoms with Crippen LogP contribution in [0.1, 0.15) is 79.8 Å². The van der Waals surface area contributed by atoms with Crippen molar-refractivity contribution in [1.82, 2.24) is 4.90 Å².